The lowest BCUT2D eigenvalue weighted by Crippen LogP contribution is -2.25. The van der Waals surface area contributed by atoms with Gasteiger partial charge >= 0.3 is 0 Å². The van der Waals surface area contributed by atoms with E-state index in [-0.39, 0.29) is 12.6 Å². The molecular formula is C13H17NO. The Balaban J connectivity index is 2.40. The maximum atomic E-state index is 9.23. The average Bonchev–Trinajstić information content (AvgIpc) is 2.30. The lowest BCUT2D eigenvalue weighted by molar-refractivity contribution is 0.244. The lowest BCUT2D eigenvalue weighted by atomic mass is 10.1. The molecule has 0 heterocycles. The van der Waals surface area contributed by atoms with Gasteiger partial charge in [-0.3, -0.25) is 0 Å². The van der Waals surface area contributed by atoms with Crippen LogP contribution in [0.3, 0.4) is 0 Å². The Morgan fingerprint density at radius 2 is 2.07 bits per heavy atom. The summed E-state index contributed by atoms with van der Waals surface area (Å²) in [7, 11) is 0. The predicted molar refractivity (Wildman–Crippen MR) is 62.3 cm³/mol. The van der Waals surface area contributed by atoms with Crippen LogP contribution >= 0.6 is 0 Å². The molecule has 2 nitrogen and oxygen atoms in total. The van der Waals surface area contributed by atoms with E-state index >= 15 is 0 Å². The van der Waals surface area contributed by atoms with Gasteiger partial charge in [-0.25, -0.2) is 0 Å². The molecule has 0 aromatic heterocycles. The molecule has 0 amide bonds. The van der Waals surface area contributed by atoms with Crippen LogP contribution in [0.25, 0.3) is 0 Å². The van der Waals surface area contributed by atoms with E-state index < -0.39 is 0 Å². The number of aliphatic hydroxyl groups is 1. The molecule has 0 spiro atoms. The minimum Gasteiger partial charge on any atom is -0.394 e. The number of hydrogen-bond donors (Lipinski definition) is 2. The van der Waals surface area contributed by atoms with Crippen molar-refractivity contribution in [2.45, 2.75) is 18.9 Å². The van der Waals surface area contributed by atoms with Crippen LogP contribution in [-0.4, -0.2) is 18.3 Å². The van der Waals surface area contributed by atoms with Crippen LogP contribution in [0.15, 0.2) is 30.3 Å². The topological polar surface area (TPSA) is 32.3 Å². The molecule has 1 aromatic carbocycles. The summed E-state index contributed by atoms with van der Waals surface area (Å²) in [5.41, 5.74) is 1.11. The molecule has 0 aliphatic heterocycles. The second kappa shape index (κ2) is 7.05. The molecule has 1 aromatic rings. The standard InChI is InChI=1S/C13H17NO/c1-2-3-7-10-14-13(11-15)12-8-5-4-6-9-12/h1,4-6,8-9,13-15H,3,7,10-11H2. The van der Waals surface area contributed by atoms with Gasteiger partial charge in [0.2, 0.25) is 0 Å². The molecule has 0 radical (unpaired) electrons. The van der Waals surface area contributed by atoms with Crippen molar-refractivity contribution in [2.24, 2.45) is 0 Å². The molecule has 80 valence electrons. The van der Waals surface area contributed by atoms with Gasteiger partial charge in [-0.05, 0) is 18.5 Å². The van der Waals surface area contributed by atoms with Crippen LogP contribution in [-0.2, 0) is 0 Å². The normalized spacial score (nSPS) is 12.0. The van der Waals surface area contributed by atoms with Crippen molar-refractivity contribution in [2.75, 3.05) is 13.2 Å². The Bertz CT molecular complexity index is 302. The highest BCUT2D eigenvalue weighted by molar-refractivity contribution is 5.18. The van der Waals surface area contributed by atoms with Gasteiger partial charge in [0.15, 0.2) is 0 Å². The van der Waals surface area contributed by atoms with Crippen LogP contribution in [0.4, 0.5) is 0 Å². The molecule has 1 unspecified atom stereocenters. The molecular weight excluding hydrogens is 186 g/mol. The zero-order chi connectivity index (χ0) is 10.9. The third kappa shape index (κ3) is 4.16. The van der Waals surface area contributed by atoms with Crippen molar-refractivity contribution in [3.63, 3.8) is 0 Å². The third-order valence-corrected chi connectivity index (χ3v) is 2.27. The van der Waals surface area contributed by atoms with E-state index in [0.29, 0.717) is 0 Å². The molecule has 0 fully saturated rings. The van der Waals surface area contributed by atoms with Gasteiger partial charge in [0.25, 0.3) is 0 Å². The number of benzene rings is 1. The fourth-order valence-electron chi connectivity index (χ4n) is 1.44. The fourth-order valence-corrected chi connectivity index (χ4v) is 1.44. The Morgan fingerprint density at radius 3 is 2.67 bits per heavy atom. The molecule has 1 rings (SSSR count). The van der Waals surface area contributed by atoms with Crippen molar-refractivity contribution >= 4 is 0 Å². The van der Waals surface area contributed by atoms with E-state index in [1.165, 1.54) is 0 Å². The van der Waals surface area contributed by atoms with Crippen molar-refractivity contribution in [1.29, 1.82) is 0 Å². The minimum atomic E-state index is 0.0176. The molecule has 1 atom stereocenters. The van der Waals surface area contributed by atoms with E-state index in [9.17, 15) is 5.11 Å². The maximum absolute atomic E-state index is 9.23. The van der Waals surface area contributed by atoms with Gasteiger partial charge in [-0.2, -0.15) is 0 Å². The minimum absolute atomic E-state index is 0.0176. The van der Waals surface area contributed by atoms with Gasteiger partial charge in [0, 0.05) is 6.42 Å². The van der Waals surface area contributed by atoms with E-state index in [1.807, 2.05) is 30.3 Å². The molecule has 0 saturated heterocycles. The van der Waals surface area contributed by atoms with Crippen LogP contribution < -0.4 is 5.32 Å². The second-order valence-electron chi connectivity index (χ2n) is 3.41. The zero-order valence-electron chi connectivity index (χ0n) is 8.82. The summed E-state index contributed by atoms with van der Waals surface area (Å²) in [5, 5.41) is 12.5. The Labute approximate surface area is 91.3 Å². The summed E-state index contributed by atoms with van der Waals surface area (Å²) in [6.45, 7) is 0.949. The van der Waals surface area contributed by atoms with Crippen LogP contribution in [0, 0.1) is 12.3 Å². The largest absolute Gasteiger partial charge is 0.394 e. The number of aliphatic hydroxyl groups excluding tert-OH is 1. The highest BCUT2D eigenvalue weighted by Gasteiger charge is 2.07. The van der Waals surface area contributed by atoms with Crippen LogP contribution in [0.1, 0.15) is 24.4 Å². The number of nitrogens with one attached hydrogen (secondary N) is 1. The third-order valence-electron chi connectivity index (χ3n) is 2.27. The van der Waals surface area contributed by atoms with Crippen molar-refractivity contribution in [1.82, 2.24) is 5.32 Å². The van der Waals surface area contributed by atoms with Crippen LogP contribution in [0.5, 0.6) is 0 Å². The molecule has 0 bridgehead atoms. The van der Waals surface area contributed by atoms with Gasteiger partial charge in [0.1, 0.15) is 0 Å². The fraction of sp³-hybridized carbons (Fsp3) is 0.385. The van der Waals surface area contributed by atoms with Crippen molar-refractivity contribution < 1.29 is 5.11 Å². The Hall–Kier alpha value is -1.30. The predicted octanol–water partition coefficient (Wildman–Crippen LogP) is 1.72. The van der Waals surface area contributed by atoms with E-state index in [4.69, 9.17) is 6.42 Å². The molecule has 0 saturated carbocycles. The second-order valence-corrected chi connectivity index (χ2v) is 3.41. The molecule has 0 aliphatic rings. The first-order valence-electron chi connectivity index (χ1n) is 5.21. The summed E-state index contributed by atoms with van der Waals surface area (Å²) >= 11 is 0. The Kier molecular flexibility index (Phi) is 5.54. The molecule has 2 N–H and O–H groups in total. The van der Waals surface area contributed by atoms with Gasteiger partial charge in [-0.1, -0.05) is 30.3 Å². The summed E-state index contributed by atoms with van der Waals surface area (Å²) in [4.78, 5) is 0. The first kappa shape index (κ1) is 11.8. The highest BCUT2D eigenvalue weighted by Crippen LogP contribution is 2.11. The van der Waals surface area contributed by atoms with Crippen molar-refractivity contribution in [3.8, 4) is 12.3 Å². The first-order valence-corrected chi connectivity index (χ1v) is 5.21. The molecule has 2 heteroatoms. The van der Waals surface area contributed by atoms with E-state index in [2.05, 4.69) is 11.2 Å². The summed E-state index contributed by atoms with van der Waals surface area (Å²) in [5.74, 6) is 2.60. The smallest absolute Gasteiger partial charge is 0.0626 e. The summed E-state index contributed by atoms with van der Waals surface area (Å²) in [6, 6.07) is 9.95. The molecule has 15 heavy (non-hydrogen) atoms. The number of hydrogen-bond acceptors (Lipinski definition) is 2. The lowest BCUT2D eigenvalue weighted by Gasteiger charge is -2.16. The van der Waals surface area contributed by atoms with E-state index in [1.54, 1.807) is 0 Å². The zero-order valence-corrected chi connectivity index (χ0v) is 8.82. The van der Waals surface area contributed by atoms with Crippen molar-refractivity contribution in [3.05, 3.63) is 35.9 Å². The quantitative estimate of drug-likeness (QED) is 0.545. The Morgan fingerprint density at radius 1 is 1.33 bits per heavy atom. The van der Waals surface area contributed by atoms with Gasteiger partial charge in [-0.15, -0.1) is 12.3 Å². The maximum Gasteiger partial charge on any atom is 0.0626 e. The van der Waals surface area contributed by atoms with Gasteiger partial charge in [0.05, 0.1) is 12.6 Å². The average molecular weight is 203 g/mol. The number of rotatable bonds is 6. The summed E-state index contributed by atoms with van der Waals surface area (Å²) < 4.78 is 0. The van der Waals surface area contributed by atoms with Gasteiger partial charge < -0.3 is 10.4 Å². The highest BCUT2D eigenvalue weighted by atomic mass is 16.3. The first-order chi connectivity index (χ1) is 7.38. The number of terminal acetylenes is 1. The summed E-state index contributed by atoms with van der Waals surface area (Å²) in [6.07, 6.45) is 6.88. The van der Waals surface area contributed by atoms with Crippen LogP contribution in [0.2, 0.25) is 0 Å². The molecule has 0 aliphatic carbocycles. The monoisotopic (exact) mass is 203 g/mol. The van der Waals surface area contributed by atoms with E-state index in [0.717, 1.165) is 24.9 Å². The SMILES string of the molecule is C#CCCCNC(CO)c1ccccc1. The number of unbranched alkanes of at least 4 members (excludes halogenated alkanes) is 1.